The summed E-state index contributed by atoms with van der Waals surface area (Å²) in [6.07, 6.45) is -1.92. The van der Waals surface area contributed by atoms with Crippen LogP contribution in [0.1, 0.15) is 16.1 Å². The number of hydrogen-bond donors (Lipinski definition) is 2. The molecule has 2 aromatic carbocycles. The molecule has 0 radical (unpaired) electrons. The molecule has 1 amide bonds. The maximum absolute atomic E-state index is 12.9. The minimum atomic E-state index is -4.44. The molecule has 5 nitrogen and oxygen atoms in total. The molecule has 0 saturated heterocycles. The summed E-state index contributed by atoms with van der Waals surface area (Å²) < 4.78 is 50.5. The number of halogens is 4. The number of nitrogens with one attached hydrogen (secondary N) is 2. The van der Waals surface area contributed by atoms with E-state index in [-0.39, 0.29) is 17.2 Å². The van der Waals surface area contributed by atoms with E-state index in [0.29, 0.717) is 11.5 Å². The molecule has 1 heterocycles. The average molecular weight is 376 g/mol. The van der Waals surface area contributed by atoms with Gasteiger partial charge < -0.3 is 10.6 Å². The normalized spacial score (nSPS) is 11.1. The van der Waals surface area contributed by atoms with Crippen LogP contribution >= 0.6 is 0 Å². The lowest BCUT2D eigenvalue weighted by molar-refractivity contribution is -0.137. The fourth-order valence-electron chi connectivity index (χ4n) is 2.13. The van der Waals surface area contributed by atoms with Crippen LogP contribution in [0.25, 0.3) is 0 Å². The van der Waals surface area contributed by atoms with Gasteiger partial charge in [0.1, 0.15) is 17.3 Å². The first kappa shape index (κ1) is 18.3. The molecule has 0 atom stereocenters. The summed E-state index contributed by atoms with van der Waals surface area (Å²) in [4.78, 5) is 20.1. The van der Waals surface area contributed by atoms with Crippen LogP contribution in [-0.2, 0) is 6.18 Å². The van der Waals surface area contributed by atoms with Gasteiger partial charge in [0.2, 0.25) is 0 Å². The Labute approximate surface area is 151 Å². The van der Waals surface area contributed by atoms with Crippen molar-refractivity contribution in [2.24, 2.45) is 0 Å². The topological polar surface area (TPSA) is 66.9 Å². The van der Waals surface area contributed by atoms with E-state index in [1.807, 2.05) is 0 Å². The van der Waals surface area contributed by atoms with Crippen molar-refractivity contribution in [2.75, 3.05) is 10.6 Å². The standard InChI is InChI=1S/C18H12F4N4O/c19-12-3-7-13(8-4-12)25-16-10-23-15(9-24-16)17(27)26-14-5-1-11(2-6-14)18(20,21)22/h1-10H,(H,24,25)(H,26,27). The Balaban J connectivity index is 1.64. The number of alkyl halides is 3. The molecule has 3 rings (SSSR count). The highest BCUT2D eigenvalue weighted by Gasteiger charge is 2.30. The van der Waals surface area contributed by atoms with Crippen LogP contribution < -0.4 is 10.6 Å². The Hall–Kier alpha value is -3.49. The van der Waals surface area contributed by atoms with E-state index < -0.39 is 17.6 Å². The molecule has 27 heavy (non-hydrogen) atoms. The number of amides is 1. The van der Waals surface area contributed by atoms with Gasteiger partial charge in [0.25, 0.3) is 5.91 Å². The summed E-state index contributed by atoms with van der Waals surface area (Å²) in [6.45, 7) is 0. The Morgan fingerprint density at radius 1 is 0.852 bits per heavy atom. The number of anilines is 3. The number of rotatable bonds is 4. The second-order valence-corrected chi connectivity index (χ2v) is 5.45. The van der Waals surface area contributed by atoms with Gasteiger partial charge in [-0.2, -0.15) is 13.2 Å². The molecule has 9 heteroatoms. The maximum atomic E-state index is 12.9. The summed E-state index contributed by atoms with van der Waals surface area (Å²) in [6, 6.07) is 9.64. The zero-order valence-corrected chi connectivity index (χ0v) is 13.6. The van der Waals surface area contributed by atoms with Gasteiger partial charge in [-0.15, -0.1) is 0 Å². The first-order valence-corrected chi connectivity index (χ1v) is 7.64. The number of hydrogen-bond acceptors (Lipinski definition) is 4. The molecule has 138 valence electrons. The van der Waals surface area contributed by atoms with Gasteiger partial charge in [-0.3, -0.25) is 4.79 Å². The van der Waals surface area contributed by atoms with Gasteiger partial charge in [0.15, 0.2) is 0 Å². The third kappa shape index (κ3) is 4.78. The predicted molar refractivity (Wildman–Crippen MR) is 91.1 cm³/mol. The number of aromatic nitrogens is 2. The van der Waals surface area contributed by atoms with Crippen LogP contribution in [0.3, 0.4) is 0 Å². The molecule has 3 aromatic rings. The van der Waals surface area contributed by atoms with Crippen molar-refractivity contribution in [1.82, 2.24) is 9.97 Å². The van der Waals surface area contributed by atoms with Crippen LogP contribution in [0.2, 0.25) is 0 Å². The molecule has 0 aliphatic heterocycles. The van der Waals surface area contributed by atoms with Crippen LogP contribution in [-0.4, -0.2) is 15.9 Å². The molecule has 0 bridgehead atoms. The summed E-state index contributed by atoms with van der Waals surface area (Å²) in [5.41, 5.74) is -0.0352. The lowest BCUT2D eigenvalue weighted by atomic mass is 10.2. The monoisotopic (exact) mass is 376 g/mol. The molecule has 0 saturated carbocycles. The SMILES string of the molecule is O=C(Nc1ccc(C(F)(F)F)cc1)c1cnc(Nc2ccc(F)cc2)cn1. The first-order valence-electron chi connectivity index (χ1n) is 7.64. The summed E-state index contributed by atoms with van der Waals surface area (Å²) >= 11 is 0. The fraction of sp³-hybridized carbons (Fsp3) is 0.0556. The first-order chi connectivity index (χ1) is 12.8. The van der Waals surface area contributed by atoms with E-state index in [0.717, 1.165) is 24.3 Å². The number of carbonyl (C=O) groups excluding carboxylic acids is 1. The fourth-order valence-corrected chi connectivity index (χ4v) is 2.13. The molecule has 2 N–H and O–H groups in total. The van der Waals surface area contributed by atoms with Crippen molar-refractivity contribution in [3.8, 4) is 0 Å². The van der Waals surface area contributed by atoms with E-state index in [9.17, 15) is 22.4 Å². The lowest BCUT2D eigenvalue weighted by Gasteiger charge is -2.09. The number of benzene rings is 2. The predicted octanol–water partition coefficient (Wildman–Crippen LogP) is 4.63. The molecular weight excluding hydrogens is 364 g/mol. The van der Waals surface area contributed by atoms with E-state index in [4.69, 9.17) is 0 Å². The van der Waals surface area contributed by atoms with Gasteiger partial charge in [0.05, 0.1) is 18.0 Å². The molecule has 0 aliphatic carbocycles. The maximum Gasteiger partial charge on any atom is 0.416 e. The van der Waals surface area contributed by atoms with Crippen LogP contribution in [0.4, 0.5) is 34.8 Å². The molecule has 0 spiro atoms. The Bertz CT molecular complexity index is 924. The van der Waals surface area contributed by atoms with Gasteiger partial charge in [0, 0.05) is 11.4 Å². The van der Waals surface area contributed by atoms with E-state index in [1.54, 1.807) is 0 Å². The minimum Gasteiger partial charge on any atom is -0.339 e. The Morgan fingerprint density at radius 3 is 2.04 bits per heavy atom. The highest BCUT2D eigenvalue weighted by atomic mass is 19.4. The van der Waals surface area contributed by atoms with E-state index in [2.05, 4.69) is 20.6 Å². The van der Waals surface area contributed by atoms with Crippen molar-refractivity contribution in [3.63, 3.8) is 0 Å². The molecule has 0 unspecified atom stereocenters. The summed E-state index contributed by atoms with van der Waals surface area (Å²) in [5.74, 6) is -0.648. The van der Waals surface area contributed by atoms with Gasteiger partial charge in [-0.25, -0.2) is 14.4 Å². The largest absolute Gasteiger partial charge is 0.416 e. The minimum absolute atomic E-state index is 0.0143. The van der Waals surface area contributed by atoms with Crippen molar-refractivity contribution in [2.45, 2.75) is 6.18 Å². The van der Waals surface area contributed by atoms with Crippen LogP contribution in [0.15, 0.2) is 60.9 Å². The van der Waals surface area contributed by atoms with Crippen LogP contribution in [0.5, 0.6) is 0 Å². The second-order valence-electron chi connectivity index (χ2n) is 5.45. The highest BCUT2D eigenvalue weighted by Crippen LogP contribution is 2.29. The molecule has 0 aliphatic rings. The molecular formula is C18H12F4N4O. The zero-order valence-electron chi connectivity index (χ0n) is 13.6. The van der Waals surface area contributed by atoms with E-state index >= 15 is 0 Å². The zero-order chi connectivity index (χ0) is 19.4. The third-order valence-corrected chi connectivity index (χ3v) is 3.47. The Kier molecular flexibility index (Phi) is 5.02. The third-order valence-electron chi connectivity index (χ3n) is 3.47. The van der Waals surface area contributed by atoms with Crippen molar-refractivity contribution in [1.29, 1.82) is 0 Å². The molecule has 0 fully saturated rings. The summed E-state index contributed by atoms with van der Waals surface area (Å²) in [7, 11) is 0. The number of carbonyl (C=O) groups is 1. The van der Waals surface area contributed by atoms with Crippen LogP contribution in [0, 0.1) is 5.82 Å². The Morgan fingerprint density at radius 2 is 1.48 bits per heavy atom. The highest BCUT2D eigenvalue weighted by molar-refractivity contribution is 6.02. The van der Waals surface area contributed by atoms with Crippen molar-refractivity contribution in [3.05, 3.63) is 78.0 Å². The van der Waals surface area contributed by atoms with Crippen molar-refractivity contribution >= 4 is 23.1 Å². The van der Waals surface area contributed by atoms with Crippen molar-refractivity contribution < 1.29 is 22.4 Å². The van der Waals surface area contributed by atoms with E-state index in [1.165, 1.54) is 36.7 Å². The van der Waals surface area contributed by atoms with Gasteiger partial charge in [-0.1, -0.05) is 0 Å². The second kappa shape index (κ2) is 7.40. The van der Waals surface area contributed by atoms with Gasteiger partial charge in [-0.05, 0) is 48.5 Å². The molecule has 1 aromatic heterocycles. The average Bonchev–Trinajstić information content (AvgIpc) is 2.64. The quantitative estimate of drug-likeness (QED) is 0.652. The summed E-state index contributed by atoms with van der Waals surface area (Å²) in [5, 5.41) is 5.33. The lowest BCUT2D eigenvalue weighted by Crippen LogP contribution is -2.14. The smallest absolute Gasteiger partial charge is 0.339 e. The van der Waals surface area contributed by atoms with Gasteiger partial charge >= 0.3 is 6.18 Å². The number of nitrogens with zero attached hydrogens (tertiary/aromatic N) is 2.